The molecular formula is C14H30O2. The number of ether oxygens (including phenoxy) is 2. The third-order valence-electron chi connectivity index (χ3n) is 3.29. The van der Waals surface area contributed by atoms with Crippen LogP contribution in [0.4, 0.5) is 0 Å². The SMILES string of the molecule is CCOCCC(CC)(CC)COC(C)(C)C. The quantitative estimate of drug-likeness (QED) is 0.586. The van der Waals surface area contributed by atoms with Gasteiger partial charge in [-0.2, -0.15) is 0 Å². The highest BCUT2D eigenvalue weighted by atomic mass is 16.5. The van der Waals surface area contributed by atoms with Crippen LogP contribution >= 0.6 is 0 Å². The fourth-order valence-electron chi connectivity index (χ4n) is 1.68. The highest BCUT2D eigenvalue weighted by Gasteiger charge is 2.28. The molecule has 0 bridgehead atoms. The maximum atomic E-state index is 5.95. The normalized spacial score (nSPS) is 13.1. The Balaban J connectivity index is 4.20. The van der Waals surface area contributed by atoms with E-state index < -0.39 is 0 Å². The summed E-state index contributed by atoms with van der Waals surface area (Å²) in [4.78, 5) is 0. The first kappa shape index (κ1) is 15.9. The van der Waals surface area contributed by atoms with Crippen LogP contribution in [-0.4, -0.2) is 25.4 Å². The summed E-state index contributed by atoms with van der Waals surface area (Å²) in [5, 5.41) is 0. The highest BCUT2D eigenvalue weighted by molar-refractivity contribution is 4.77. The molecule has 0 fully saturated rings. The Hall–Kier alpha value is -0.0800. The van der Waals surface area contributed by atoms with Gasteiger partial charge in [0.15, 0.2) is 0 Å². The molecule has 16 heavy (non-hydrogen) atoms. The Morgan fingerprint density at radius 2 is 1.50 bits per heavy atom. The second-order valence-electron chi connectivity index (χ2n) is 5.56. The van der Waals surface area contributed by atoms with Crippen LogP contribution in [0.5, 0.6) is 0 Å². The largest absolute Gasteiger partial charge is 0.382 e. The van der Waals surface area contributed by atoms with Crippen molar-refractivity contribution < 1.29 is 9.47 Å². The van der Waals surface area contributed by atoms with E-state index in [0.29, 0.717) is 5.41 Å². The molecule has 0 saturated carbocycles. The summed E-state index contributed by atoms with van der Waals surface area (Å²) in [6.45, 7) is 15.4. The minimum Gasteiger partial charge on any atom is -0.382 e. The minimum absolute atomic E-state index is 0.0405. The van der Waals surface area contributed by atoms with Gasteiger partial charge in [0.1, 0.15) is 0 Å². The molecule has 0 aromatic carbocycles. The zero-order valence-electron chi connectivity index (χ0n) is 12.1. The first-order valence-electron chi connectivity index (χ1n) is 6.61. The van der Waals surface area contributed by atoms with E-state index in [1.54, 1.807) is 0 Å². The predicted molar refractivity (Wildman–Crippen MR) is 69.8 cm³/mol. The van der Waals surface area contributed by atoms with E-state index in [2.05, 4.69) is 34.6 Å². The van der Waals surface area contributed by atoms with Crippen LogP contribution in [0.2, 0.25) is 0 Å². The monoisotopic (exact) mass is 230 g/mol. The maximum absolute atomic E-state index is 5.95. The van der Waals surface area contributed by atoms with Crippen LogP contribution in [0.15, 0.2) is 0 Å². The van der Waals surface area contributed by atoms with Crippen LogP contribution in [0.3, 0.4) is 0 Å². The van der Waals surface area contributed by atoms with Crippen LogP contribution in [0, 0.1) is 5.41 Å². The molecule has 0 N–H and O–H groups in total. The Morgan fingerprint density at radius 3 is 1.88 bits per heavy atom. The lowest BCUT2D eigenvalue weighted by Gasteiger charge is -2.34. The average molecular weight is 230 g/mol. The minimum atomic E-state index is -0.0405. The van der Waals surface area contributed by atoms with E-state index in [1.807, 2.05) is 6.92 Å². The molecule has 0 heterocycles. The zero-order valence-corrected chi connectivity index (χ0v) is 12.1. The summed E-state index contributed by atoms with van der Waals surface area (Å²) in [6, 6.07) is 0. The lowest BCUT2D eigenvalue weighted by Crippen LogP contribution is -2.32. The first-order valence-corrected chi connectivity index (χ1v) is 6.61. The molecule has 0 rings (SSSR count). The summed E-state index contributed by atoms with van der Waals surface area (Å²) in [7, 11) is 0. The molecule has 0 aliphatic heterocycles. The molecule has 0 spiro atoms. The molecule has 2 heteroatoms. The van der Waals surface area contributed by atoms with Crippen LogP contribution in [0.1, 0.15) is 60.8 Å². The highest BCUT2D eigenvalue weighted by Crippen LogP contribution is 2.32. The molecule has 0 saturated heterocycles. The van der Waals surface area contributed by atoms with E-state index in [9.17, 15) is 0 Å². The van der Waals surface area contributed by atoms with Crippen molar-refractivity contribution in [2.75, 3.05) is 19.8 Å². The first-order chi connectivity index (χ1) is 7.39. The van der Waals surface area contributed by atoms with E-state index in [-0.39, 0.29) is 5.60 Å². The van der Waals surface area contributed by atoms with Crippen molar-refractivity contribution in [3.05, 3.63) is 0 Å². The van der Waals surface area contributed by atoms with Crippen LogP contribution in [-0.2, 0) is 9.47 Å². The van der Waals surface area contributed by atoms with Crippen molar-refractivity contribution in [3.63, 3.8) is 0 Å². The summed E-state index contributed by atoms with van der Waals surface area (Å²) in [6.07, 6.45) is 3.42. The van der Waals surface area contributed by atoms with Crippen molar-refractivity contribution >= 4 is 0 Å². The summed E-state index contributed by atoms with van der Waals surface area (Å²) in [5.41, 5.74) is 0.254. The van der Waals surface area contributed by atoms with E-state index in [0.717, 1.165) is 39.1 Å². The van der Waals surface area contributed by atoms with Gasteiger partial charge in [0, 0.05) is 13.2 Å². The van der Waals surface area contributed by atoms with Gasteiger partial charge in [-0.15, -0.1) is 0 Å². The van der Waals surface area contributed by atoms with Crippen molar-refractivity contribution in [1.29, 1.82) is 0 Å². The van der Waals surface area contributed by atoms with Crippen molar-refractivity contribution in [2.45, 2.75) is 66.4 Å². The second-order valence-corrected chi connectivity index (χ2v) is 5.56. The number of hydrogen-bond acceptors (Lipinski definition) is 2. The summed E-state index contributed by atoms with van der Waals surface area (Å²) < 4.78 is 11.4. The number of hydrogen-bond donors (Lipinski definition) is 0. The third kappa shape index (κ3) is 6.49. The van der Waals surface area contributed by atoms with E-state index in [4.69, 9.17) is 9.47 Å². The van der Waals surface area contributed by atoms with E-state index >= 15 is 0 Å². The van der Waals surface area contributed by atoms with Crippen LogP contribution in [0.25, 0.3) is 0 Å². The van der Waals surface area contributed by atoms with Gasteiger partial charge < -0.3 is 9.47 Å². The Kier molecular flexibility index (Phi) is 7.25. The van der Waals surface area contributed by atoms with Crippen molar-refractivity contribution in [3.8, 4) is 0 Å². The van der Waals surface area contributed by atoms with Gasteiger partial charge in [0.25, 0.3) is 0 Å². The Bertz CT molecular complexity index is 166. The topological polar surface area (TPSA) is 18.5 Å². The molecule has 0 amide bonds. The molecule has 2 nitrogen and oxygen atoms in total. The van der Waals surface area contributed by atoms with Crippen LogP contribution < -0.4 is 0 Å². The summed E-state index contributed by atoms with van der Waals surface area (Å²) >= 11 is 0. The Morgan fingerprint density at radius 1 is 0.938 bits per heavy atom. The van der Waals surface area contributed by atoms with E-state index in [1.165, 1.54) is 0 Å². The molecule has 98 valence electrons. The van der Waals surface area contributed by atoms with Gasteiger partial charge in [-0.3, -0.25) is 0 Å². The second kappa shape index (κ2) is 7.29. The standard InChI is InChI=1S/C14H30O2/c1-7-14(8-2,10-11-15-9-3)12-16-13(4,5)6/h7-12H2,1-6H3. The number of rotatable bonds is 8. The zero-order chi connectivity index (χ0) is 12.7. The predicted octanol–water partition coefficient (Wildman–Crippen LogP) is 4.03. The average Bonchev–Trinajstić information content (AvgIpc) is 2.23. The van der Waals surface area contributed by atoms with Gasteiger partial charge in [0.2, 0.25) is 0 Å². The smallest absolute Gasteiger partial charge is 0.0598 e. The molecule has 0 aromatic heterocycles. The van der Waals surface area contributed by atoms with Gasteiger partial charge in [0.05, 0.1) is 12.2 Å². The molecule has 0 aliphatic carbocycles. The third-order valence-corrected chi connectivity index (χ3v) is 3.29. The molecule has 0 aliphatic rings. The molecule has 0 aromatic rings. The van der Waals surface area contributed by atoms with Gasteiger partial charge in [-0.25, -0.2) is 0 Å². The molecular weight excluding hydrogens is 200 g/mol. The molecule has 0 atom stereocenters. The fourth-order valence-corrected chi connectivity index (χ4v) is 1.68. The van der Waals surface area contributed by atoms with Gasteiger partial charge in [-0.1, -0.05) is 13.8 Å². The van der Waals surface area contributed by atoms with Crippen molar-refractivity contribution in [2.24, 2.45) is 5.41 Å². The van der Waals surface area contributed by atoms with Gasteiger partial charge in [-0.05, 0) is 52.4 Å². The lowest BCUT2D eigenvalue weighted by molar-refractivity contribution is -0.0641. The molecule has 0 radical (unpaired) electrons. The molecule has 0 unspecified atom stereocenters. The van der Waals surface area contributed by atoms with Gasteiger partial charge >= 0.3 is 0 Å². The van der Waals surface area contributed by atoms with Crippen molar-refractivity contribution in [1.82, 2.24) is 0 Å². The lowest BCUT2D eigenvalue weighted by atomic mass is 9.80. The maximum Gasteiger partial charge on any atom is 0.0598 e. The Labute approximate surface area is 102 Å². The fraction of sp³-hybridized carbons (Fsp3) is 1.00. The summed E-state index contributed by atoms with van der Waals surface area (Å²) in [5.74, 6) is 0.